The van der Waals surface area contributed by atoms with Gasteiger partial charge in [-0.25, -0.2) is 4.39 Å². The molecule has 1 aliphatic rings. The van der Waals surface area contributed by atoms with Crippen molar-refractivity contribution >= 4 is 0 Å². The van der Waals surface area contributed by atoms with Gasteiger partial charge in [0.25, 0.3) is 0 Å². The topological polar surface area (TPSA) is 42.2 Å². The number of aromatic nitrogens is 2. The molecule has 1 fully saturated rings. The summed E-state index contributed by atoms with van der Waals surface area (Å²) in [5.41, 5.74) is 1.27. The predicted molar refractivity (Wildman–Crippen MR) is 69.0 cm³/mol. The van der Waals surface area contributed by atoms with Crippen molar-refractivity contribution in [3.63, 3.8) is 0 Å². The fourth-order valence-corrected chi connectivity index (χ4v) is 2.50. The maximum atomic E-state index is 13.9. The van der Waals surface area contributed by atoms with Crippen molar-refractivity contribution < 1.29 is 8.91 Å². The van der Waals surface area contributed by atoms with Crippen molar-refractivity contribution in [2.24, 2.45) is 0 Å². The molecule has 100 valence electrons. The Morgan fingerprint density at radius 1 is 1.42 bits per heavy atom. The van der Waals surface area contributed by atoms with Gasteiger partial charge >= 0.3 is 0 Å². The normalized spacial score (nSPS) is 20.1. The van der Waals surface area contributed by atoms with Gasteiger partial charge in [0.05, 0.1) is 11.6 Å². The Labute approximate surface area is 111 Å². The van der Waals surface area contributed by atoms with Gasteiger partial charge in [-0.15, -0.1) is 0 Å². The van der Waals surface area contributed by atoms with Crippen molar-refractivity contribution in [2.75, 3.05) is 13.6 Å². The van der Waals surface area contributed by atoms with Gasteiger partial charge in [0.15, 0.2) is 0 Å². The third-order valence-electron chi connectivity index (χ3n) is 3.61. The van der Waals surface area contributed by atoms with Gasteiger partial charge in [0, 0.05) is 0 Å². The maximum absolute atomic E-state index is 13.9. The largest absolute Gasteiger partial charge is 0.337 e. The number of benzene rings is 1. The average molecular weight is 261 g/mol. The molecule has 2 heterocycles. The molecule has 1 aromatic carbocycles. The monoisotopic (exact) mass is 261 g/mol. The second-order valence-electron chi connectivity index (χ2n) is 5.08. The van der Waals surface area contributed by atoms with E-state index in [9.17, 15) is 4.39 Å². The Morgan fingerprint density at radius 2 is 2.26 bits per heavy atom. The van der Waals surface area contributed by atoms with Gasteiger partial charge in [-0.2, -0.15) is 4.98 Å². The molecule has 4 nitrogen and oxygen atoms in total. The molecule has 3 rings (SSSR count). The van der Waals surface area contributed by atoms with Gasteiger partial charge in [-0.05, 0) is 51.1 Å². The maximum Gasteiger partial charge on any atom is 0.244 e. The molecule has 2 aromatic rings. The Balaban J connectivity index is 1.92. The molecular weight excluding hydrogens is 245 g/mol. The Morgan fingerprint density at radius 3 is 2.95 bits per heavy atom. The van der Waals surface area contributed by atoms with E-state index in [1.165, 1.54) is 6.07 Å². The fourth-order valence-electron chi connectivity index (χ4n) is 2.50. The van der Waals surface area contributed by atoms with Crippen LogP contribution >= 0.6 is 0 Å². The van der Waals surface area contributed by atoms with E-state index in [1.807, 2.05) is 20.0 Å². The first kappa shape index (κ1) is 12.3. The zero-order valence-corrected chi connectivity index (χ0v) is 11.1. The van der Waals surface area contributed by atoms with Gasteiger partial charge in [0.2, 0.25) is 11.7 Å². The van der Waals surface area contributed by atoms with E-state index >= 15 is 0 Å². The lowest BCUT2D eigenvalue weighted by atomic mass is 10.1. The number of rotatable bonds is 2. The molecule has 1 atom stereocenters. The number of hydrogen-bond acceptors (Lipinski definition) is 4. The number of nitrogens with zero attached hydrogens (tertiary/aromatic N) is 3. The average Bonchev–Trinajstić information content (AvgIpc) is 2.97. The first-order valence-corrected chi connectivity index (χ1v) is 6.45. The molecule has 0 bridgehead atoms. The van der Waals surface area contributed by atoms with Crippen LogP contribution in [0.1, 0.15) is 30.3 Å². The van der Waals surface area contributed by atoms with Crippen LogP contribution in [-0.4, -0.2) is 28.6 Å². The highest BCUT2D eigenvalue weighted by Crippen LogP contribution is 2.30. The Bertz CT molecular complexity index is 596. The highest BCUT2D eigenvalue weighted by molar-refractivity contribution is 5.55. The van der Waals surface area contributed by atoms with E-state index in [0.29, 0.717) is 17.3 Å². The highest BCUT2D eigenvalue weighted by Gasteiger charge is 2.28. The summed E-state index contributed by atoms with van der Waals surface area (Å²) in [6, 6.07) is 5.18. The zero-order valence-electron chi connectivity index (χ0n) is 11.1. The van der Waals surface area contributed by atoms with E-state index < -0.39 is 0 Å². The number of aryl methyl sites for hydroxylation is 1. The lowest BCUT2D eigenvalue weighted by Gasteiger charge is -2.14. The summed E-state index contributed by atoms with van der Waals surface area (Å²) in [5.74, 6) is 0.593. The molecule has 1 unspecified atom stereocenters. The number of likely N-dealkylation sites (tertiary alicyclic amines) is 1. The molecule has 19 heavy (non-hydrogen) atoms. The summed E-state index contributed by atoms with van der Waals surface area (Å²) in [7, 11) is 2.04. The summed E-state index contributed by atoms with van der Waals surface area (Å²) in [6.07, 6.45) is 2.13. The van der Waals surface area contributed by atoms with Crippen LogP contribution in [0.15, 0.2) is 22.7 Å². The van der Waals surface area contributed by atoms with Crippen molar-refractivity contribution in [3.05, 3.63) is 35.5 Å². The third kappa shape index (κ3) is 2.26. The number of halogens is 1. The van der Waals surface area contributed by atoms with Crippen LogP contribution in [0.3, 0.4) is 0 Å². The molecular formula is C14H16FN3O. The molecule has 5 heteroatoms. The molecule has 0 saturated carbocycles. The first-order chi connectivity index (χ1) is 9.15. The van der Waals surface area contributed by atoms with Crippen LogP contribution in [0.4, 0.5) is 4.39 Å². The second kappa shape index (κ2) is 4.74. The zero-order chi connectivity index (χ0) is 13.4. The van der Waals surface area contributed by atoms with Crippen molar-refractivity contribution in [3.8, 4) is 11.4 Å². The molecule has 1 saturated heterocycles. The van der Waals surface area contributed by atoms with Crippen molar-refractivity contribution in [1.82, 2.24) is 15.0 Å². The molecule has 0 radical (unpaired) electrons. The van der Waals surface area contributed by atoms with Gasteiger partial charge < -0.3 is 4.52 Å². The molecule has 0 N–H and O–H groups in total. The van der Waals surface area contributed by atoms with Crippen LogP contribution in [0.25, 0.3) is 11.4 Å². The quantitative estimate of drug-likeness (QED) is 0.833. The SMILES string of the molecule is Cc1ccc(-c2noc(C3CCCN3C)n2)c(F)c1. The summed E-state index contributed by atoms with van der Waals surface area (Å²) >= 11 is 0. The van der Waals surface area contributed by atoms with E-state index in [-0.39, 0.29) is 11.9 Å². The molecule has 1 aromatic heterocycles. The van der Waals surface area contributed by atoms with E-state index in [0.717, 1.165) is 24.9 Å². The van der Waals surface area contributed by atoms with E-state index in [2.05, 4.69) is 15.0 Å². The smallest absolute Gasteiger partial charge is 0.244 e. The summed E-state index contributed by atoms with van der Waals surface area (Å²) in [6.45, 7) is 2.88. The van der Waals surface area contributed by atoms with Crippen LogP contribution < -0.4 is 0 Å². The van der Waals surface area contributed by atoms with Crippen LogP contribution in [0.5, 0.6) is 0 Å². The molecule has 1 aliphatic heterocycles. The van der Waals surface area contributed by atoms with Crippen LogP contribution in [0.2, 0.25) is 0 Å². The summed E-state index contributed by atoms with van der Waals surface area (Å²) in [5, 5.41) is 3.90. The standard InChI is InChI=1S/C14H16FN3O/c1-9-5-6-10(11(15)8-9)13-16-14(19-17-13)12-4-3-7-18(12)2/h5-6,8,12H,3-4,7H2,1-2H3. The first-order valence-electron chi connectivity index (χ1n) is 6.45. The highest BCUT2D eigenvalue weighted by atomic mass is 19.1. The number of hydrogen-bond donors (Lipinski definition) is 0. The Kier molecular flexibility index (Phi) is 3.06. The van der Waals surface area contributed by atoms with Gasteiger partial charge in [-0.1, -0.05) is 11.2 Å². The fraction of sp³-hybridized carbons (Fsp3) is 0.429. The lowest BCUT2D eigenvalue weighted by molar-refractivity contribution is 0.245. The molecule has 0 spiro atoms. The van der Waals surface area contributed by atoms with Crippen LogP contribution in [0, 0.1) is 12.7 Å². The lowest BCUT2D eigenvalue weighted by Crippen LogP contribution is -2.17. The summed E-state index contributed by atoms with van der Waals surface area (Å²) < 4.78 is 19.2. The predicted octanol–water partition coefficient (Wildman–Crippen LogP) is 2.95. The van der Waals surface area contributed by atoms with Gasteiger partial charge in [-0.3, -0.25) is 4.90 Å². The minimum Gasteiger partial charge on any atom is -0.337 e. The summed E-state index contributed by atoms with van der Waals surface area (Å²) in [4.78, 5) is 6.53. The minimum absolute atomic E-state index is 0.162. The van der Waals surface area contributed by atoms with Gasteiger partial charge in [0.1, 0.15) is 5.82 Å². The molecule has 0 aliphatic carbocycles. The Hall–Kier alpha value is -1.75. The van der Waals surface area contributed by atoms with E-state index in [1.54, 1.807) is 6.07 Å². The van der Waals surface area contributed by atoms with Crippen LogP contribution in [-0.2, 0) is 0 Å². The third-order valence-corrected chi connectivity index (χ3v) is 3.61. The second-order valence-corrected chi connectivity index (χ2v) is 5.08. The van der Waals surface area contributed by atoms with E-state index in [4.69, 9.17) is 4.52 Å². The van der Waals surface area contributed by atoms with Crippen molar-refractivity contribution in [2.45, 2.75) is 25.8 Å². The van der Waals surface area contributed by atoms with Crippen molar-refractivity contribution in [1.29, 1.82) is 0 Å². The minimum atomic E-state index is -0.313. The molecule has 0 amide bonds.